The number of aromatic nitrogens is 8. The molecule has 1 amide bonds. The monoisotopic (exact) mass is 416 g/mol. The number of anilines is 2. The molecule has 1 N–H and O–H groups in total. The van der Waals surface area contributed by atoms with Crippen LogP contribution in [0.5, 0.6) is 0 Å². The molecular formula is C20H20N10O. The summed E-state index contributed by atoms with van der Waals surface area (Å²) in [4.78, 5) is 23.2. The molecule has 1 aliphatic heterocycles. The summed E-state index contributed by atoms with van der Waals surface area (Å²) in [5, 5.41) is 19.8. The van der Waals surface area contributed by atoms with E-state index < -0.39 is 0 Å². The second-order valence-corrected chi connectivity index (χ2v) is 7.16. The van der Waals surface area contributed by atoms with Crippen molar-refractivity contribution in [2.24, 2.45) is 5.92 Å². The predicted octanol–water partition coefficient (Wildman–Crippen LogP) is 1.49. The highest BCUT2D eigenvalue weighted by Crippen LogP contribution is 2.23. The fourth-order valence-electron chi connectivity index (χ4n) is 3.56. The maximum Gasteiger partial charge on any atom is 0.228 e. The van der Waals surface area contributed by atoms with Crippen LogP contribution in [-0.4, -0.2) is 58.7 Å². The van der Waals surface area contributed by atoms with Crippen LogP contribution in [0.2, 0.25) is 0 Å². The third-order valence-electron chi connectivity index (χ3n) is 5.21. The smallest absolute Gasteiger partial charge is 0.228 e. The molecule has 0 spiro atoms. The normalized spacial score (nSPS) is 14.5. The van der Waals surface area contributed by atoms with Gasteiger partial charge < -0.3 is 10.2 Å². The summed E-state index contributed by atoms with van der Waals surface area (Å²) < 4.78 is 3.28. The molecule has 1 fully saturated rings. The van der Waals surface area contributed by atoms with Crippen molar-refractivity contribution >= 4 is 17.5 Å². The van der Waals surface area contributed by atoms with Gasteiger partial charge in [-0.2, -0.15) is 10.2 Å². The van der Waals surface area contributed by atoms with Gasteiger partial charge in [-0.15, -0.1) is 10.2 Å². The molecule has 5 heterocycles. The first-order valence-corrected chi connectivity index (χ1v) is 9.98. The number of carbonyl (C=O) groups is 1. The molecule has 31 heavy (non-hydrogen) atoms. The van der Waals surface area contributed by atoms with Crippen LogP contribution in [0.15, 0.2) is 61.4 Å². The van der Waals surface area contributed by atoms with Crippen molar-refractivity contribution in [3.63, 3.8) is 0 Å². The Morgan fingerprint density at radius 3 is 2.23 bits per heavy atom. The maximum atomic E-state index is 12.7. The van der Waals surface area contributed by atoms with Crippen LogP contribution in [0, 0.1) is 5.92 Å². The van der Waals surface area contributed by atoms with Gasteiger partial charge in [-0.3, -0.25) is 4.79 Å². The number of amides is 1. The van der Waals surface area contributed by atoms with Gasteiger partial charge in [0.1, 0.15) is 12.1 Å². The van der Waals surface area contributed by atoms with Gasteiger partial charge in [0.15, 0.2) is 17.5 Å². The first-order valence-electron chi connectivity index (χ1n) is 9.98. The van der Waals surface area contributed by atoms with E-state index >= 15 is 0 Å². The molecule has 4 aromatic heterocycles. The molecule has 0 unspecified atom stereocenters. The minimum Gasteiger partial charge on any atom is -0.355 e. The van der Waals surface area contributed by atoms with Crippen LogP contribution in [0.25, 0.3) is 11.6 Å². The van der Waals surface area contributed by atoms with Gasteiger partial charge in [-0.1, -0.05) is 0 Å². The Kier molecular flexibility index (Phi) is 5.05. The van der Waals surface area contributed by atoms with E-state index in [0.717, 1.165) is 31.7 Å². The molecule has 4 aromatic rings. The lowest BCUT2D eigenvalue weighted by atomic mass is 9.96. The number of nitrogens with zero attached hydrogens (tertiary/aromatic N) is 9. The number of carbonyl (C=O) groups excluding carboxylic acids is 1. The predicted molar refractivity (Wildman–Crippen MR) is 112 cm³/mol. The van der Waals surface area contributed by atoms with Gasteiger partial charge in [-0.25, -0.2) is 19.3 Å². The molecule has 0 atom stereocenters. The first kappa shape index (κ1) is 18.9. The zero-order valence-electron chi connectivity index (χ0n) is 16.6. The van der Waals surface area contributed by atoms with Gasteiger partial charge in [0.05, 0.1) is 0 Å². The molecule has 11 nitrogen and oxygen atoms in total. The fraction of sp³-hybridized carbons (Fsp3) is 0.250. The Morgan fingerprint density at radius 1 is 0.903 bits per heavy atom. The molecule has 0 aromatic carbocycles. The van der Waals surface area contributed by atoms with Crippen molar-refractivity contribution in [2.75, 3.05) is 23.3 Å². The van der Waals surface area contributed by atoms with E-state index in [0.29, 0.717) is 17.5 Å². The maximum absolute atomic E-state index is 12.7. The lowest BCUT2D eigenvalue weighted by Crippen LogP contribution is -2.38. The van der Waals surface area contributed by atoms with Crippen LogP contribution >= 0.6 is 0 Å². The second-order valence-electron chi connectivity index (χ2n) is 7.16. The van der Waals surface area contributed by atoms with E-state index in [1.807, 2.05) is 30.5 Å². The van der Waals surface area contributed by atoms with Crippen LogP contribution in [0.1, 0.15) is 12.8 Å². The van der Waals surface area contributed by atoms with Gasteiger partial charge in [0, 0.05) is 49.9 Å². The van der Waals surface area contributed by atoms with E-state index in [9.17, 15) is 4.79 Å². The average Bonchev–Trinajstić information content (AvgIpc) is 3.54. The number of hydrogen-bond acceptors (Lipinski definition) is 8. The zero-order chi connectivity index (χ0) is 21.0. The fourth-order valence-corrected chi connectivity index (χ4v) is 3.56. The summed E-state index contributed by atoms with van der Waals surface area (Å²) in [5.74, 6) is 2.41. The van der Waals surface area contributed by atoms with E-state index in [4.69, 9.17) is 0 Å². The highest BCUT2D eigenvalue weighted by atomic mass is 16.2. The van der Waals surface area contributed by atoms with Crippen molar-refractivity contribution < 1.29 is 4.79 Å². The van der Waals surface area contributed by atoms with E-state index in [1.165, 1.54) is 6.33 Å². The zero-order valence-corrected chi connectivity index (χ0v) is 16.6. The number of nitrogens with one attached hydrogen (secondary N) is 1. The van der Waals surface area contributed by atoms with Crippen molar-refractivity contribution in [1.29, 1.82) is 0 Å². The third kappa shape index (κ3) is 4.10. The standard InChI is InChI=1S/C20H20N10O/c31-20(25-16-13-19(22-14-21-16)30-10-2-8-24-30)15-5-11-28(12-6-15)17-3-4-18(27-26-17)29-9-1-7-23-29/h1-4,7-10,13-15H,5-6,11-12H2,(H,21,22,25,31). The lowest BCUT2D eigenvalue weighted by Gasteiger charge is -2.31. The first-order chi connectivity index (χ1) is 15.3. The third-order valence-corrected chi connectivity index (χ3v) is 5.21. The minimum atomic E-state index is -0.0873. The van der Waals surface area contributed by atoms with Gasteiger partial charge in [0.2, 0.25) is 5.91 Å². The quantitative estimate of drug-likeness (QED) is 0.520. The lowest BCUT2D eigenvalue weighted by molar-refractivity contribution is -0.120. The van der Waals surface area contributed by atoms with Gasteiger partial charge in [0.25, 0.3) is 0 Å². The van der Waals surface area contributed by atoms with Crippen molar-refractivity contribution in [3.05, 3.63) is 61.4 Å². The van der Waals surface area contributed by atoms with Gasteiger partial charge >= 0.3 is 0 Å². The van der Waals surface area contributed by atoms with Crippen LogP contribution in [-0.2, 0) is 4.79 Å². The highest BCUT2D eigenvalue weighted by molar-refractivity contribution is 5.92. The Morgan fingerprint density at radius 2 is 1.58 bits per heavy atom. The van der Waals surface area contributed by atoms with Crippen LogP contribution in [0.3, 0.4) is 0 Å². The summed E-state index contributed by atoms with van der Waals surface area (Å²) in [6, 6.07) is 9.17. The van der Waals surface area contributed by atoms with E-state index in [1.54, 1.807) is 34.0 Å². The Bertz CT molecular complexity index is 1130. The Balaban J connectivity index is 1.18. The number of rotatable bonds is 5. The van der Waals surface area contributed by atoms with Crippen LogP contribution in [0.4, 0.5) is 11.6 Å². The molecule has 0 saturated carbocycles. The van der Waals surface area contributed by atoms with E-state index in [2.05, 4.69) is 40.6 Å². The van der Waals surface area contributed by atoms with Crippen LogP contribution < -0.4 is 10.2 Å². The van der Waals surface area contributed by atoms with Gasteiger partial charge in [-0.05, 0) is 37.1 Å². The second kappa shape index (κ2) is 8.30. The SMILES string of the molecule is O=C(Nc1cc(-n2cccn2)ncn1)C1CCN(c2ccc(-n3cccn3)nn2)CC1. The number of piperidine rings is 1. The highest BCUT2D eigenvalue weighted by Gasteiger charge is 2.26. The Hall–Kier alpha value is -4.15. The molecule has 156 valence electrons. The van der Waals surface area contributed by atoms with Crippen molar-refractivity contribution in [3.8, 4) is 11.6 Å². The Labute approximate surface area is 177 Å². The molecule has 1 aliphatic rings. The minimum absolute atomic E-state index is 0.0371. The average molecular weight is 416 g/mol. The van der Waals surface area contributed by atoms with Crippen molar-refractivity contribution in [2.45, 2.75) is 12.8 Å². The molecule has 0 aliphatic carbocycles. The topological polar surface area (TPSA) is 120 Å². The molecule has 1 saturated heterocycles. The summed E-state index contributed by atoms with van der Waals surface area (Å²) in [7, 11) is 0. The molecular weight excluding hydrogens is 396 g/mol. The van der Waals surface area contributed by atoms with Crippen molar-refractivity contribution in [1.82, 2.24) is 39.7 Å². The number of hydrogen-bond donors (Lipinski definition) is 1. The molecule has 0 bridgehead atoms. The molecule has 0 radical (unpaired) electrons. The van der Waals surface area contributed by atoms with E-state index in [-0.39, 0.29) is 11.8 Å². The summed E-state index contributed by atoms with van der Waals surface area (Å²) in [5.41, 5.74) is 0. The summed E-state index contributed by atoms with van der Waals surface area (Å²) in [6.07, 6.45) is 9.85. The molecule has 11 heteroatoms. The molecule has 5 rings (SSSR count). The summed E-state index contributed by atoms with van der Waals surface area (Å²) >= 11 is 0. The largest absolute Gasteiger partial charge is 0.355 e. The summed E-state index contributed by atoms with van der Waals surface area (Å²) in [6.45, 7) is 1.46.